The van der Waals surface area contributed by atoms with Gasteiger partial charge in [-0.2, -0.15) is 8.42 Å². The van der Waals surface area contributed by atoms with E-state index in [-0.39, 0.29) is 0 Å². The van der Waals surface area contributed by atoms with Crippen LogP contribution in [0.5, 0.6) is 0 Å². The Balaban J connectivity index is 3.53. The molecule has 0 aromatic carbocycles. The van der Waals surface area contributed by atoms with Gasteiger partial charge in [-0.3, -0.25) is 4.18 Å². The molecule has 0 fully saturated rings. The van der Waals surface area contributed by atoms with Crippen molar-refractivity contribution in [2.75, 3.05) is 12.9 Å². The second-order valence-corrected chi connectivity index (χ2v) is 3.02. The van der Waals surface area contributed by atoms with E-state index < -0.39 is 23.2 Å². The largest absolute Gasteiger partial charge is 0.264 e. The molecule has 0 aromatic heterocycles. The summed E-state index contributed by atoms with van der Waals surface area (Å²) in [5, 5.41) is 0. The van der Waals surface area contributed by atoms with E-state index in [0.29, 0.717) is 0 Å². The summed E-state index contributed by atoms with van der Waals surface area (Å²) < 4.78 is 46.0. The summed E-state index contributed by atoms with van der Waals surface area (Å²) in [6, 6.07) is 0. The molecule has 0 spiro atoms. The first-order valence-corrected chi connectivity index (χ1v) is 3.86. The van der Waals surface area contributed by atoms with Crippen molar-refractivity contribution in [2.45, 2.75) is 6.43 Å². The predicted molar refractivity (Wildman–Crippen MR) is 26.8 cm³/mol. The maximum Gasteiger partial charge on any atom is 0.264 e. The van der Waals surface area contributed by atoms with Crippen molar-refractivity contribution in [3.05, 3.63) is 0 Å². The highest BCUT2D eigenvalue weighted by Crippen LogP contribution is 1.95. The Morgan fingerprint density at radius 1 is 1.56 bits per heavy atom. The van der Waals surface area contributed by atoms with E-state index >= 15 is 0 Å². The first-order chi connectivity index (χ1) is 3.92. The van der Waals surface area contributed by atoms with Crippen LogP contribution in [-0.4, -0.2) is 27.7 Å². The molecule has 0 aliphatic rings. The highest BCUT2D eigenvalue weighted by Gasteiger charge is 2.07. The lowest BCUT2D eigenvalue weighted by Gasteiger charge is -1.97. The van der Waals surface area contributed by atoms with Gasteiger partial charge in [0.25, 0.3) is 16.5 Å². The van der Waals surface area contributed by atoms with E-state index in [9.17, 15) is 17.2 Å². The molecule has 0 saturated heterocycles. The highest BCUT2D eigenvalue weighted by molar-refractivity contribution is 7.85. The van der Waals surface area contributed by atoms with Crippen LogP contribution in [0.2, 0.25) is 0 Å². The number of hydrogen-bond acceptors (Lipinski definition) is 3. The molecular formula is C3H6F2O3S. The van der Waals surface area contributed by atoms with Crippen molar-refractivity contribution in [1.29, 1.82) is 0 Å². The Bertz CT molecular complexity index is 162. The van der Waals surface area contributed by atoms with Crippen LogP contribution in [0.3, 0.4) is 0 Å². The fourth-order valence-corrected chi connectivity index (χ4v) is 0.525. The lowest BCUT2D eigenvalue weighted by molar-refractivity contribution is 0.0853. The maximum atomic E-state index is 11.2. The van der Waals surface area contributed by atoms with Crippen LogP contribution in [0.25, 0.3) is 0 Å². The summed E-state index contributed by atoms with van der Waals surface area (Å²) in [6.45, 7) is -1.06. The van der Waals surface area contributed by atoms with Crippen LogP contribution in [0, 0.1) is 0 Å². The van der Waals surface area contributed by atoms with Gasteiger partial charge in [0.2, 0.25) is 0 Å². The zero-order valence-electron chi connectivity index (χ0n) is 4.67. The van der Waals surface area contributed by atoms with Gasteiger partial charge in [-0.15, -0.1) is 0 Å². The molecule has 0 amide bonds. The second kappa shape index (κ2) is 3.07. The van der Waals surface area contributed by atoms with Crippen LogP contribution < -0.4 is 0 Å². The van der Waals surface area contributed by atoms with Crippen molar-refractivity contribution in [3.63, 3.8) is 0 Å². The third-order valence-corrected chi connectivity index (χ3v) is 0.972. The molecule has 56 valence electrons. The highest BCUT2D eigenvalue weighted by atomic mass is 32.2. The van der Waals surface area contributed by atoms with E-state index in [4.69, 9.17) is 0 Å². The monoisotopic (exact) mass is 160 g/mol. The average molecular weight is 160 g/mol. The third-order valence-electron chi connectivity index (χ3n) is 0.408. The van der Waals surface area contributed by atoms with Crippen LogP contribution in [0.1, 0.15) is 0 Å². The maximum absolute atomic E-state index is 11.2. The first kappa shape index (κ1) is 8.77. The number of alkyl halides is 2. The molecule has 0 radical (unpaired) electrons. The smallest absolute Gasteiger partial charge is 0.264 e. The van der Waals surface area contributed by atoms with E-state index in [1.807, 2.05) is 0 Å². The molecule has 0 rings (SSSR count). The normalized spacial score (nSPS) is 12.4. The molecule has 0 saturated carbocycles. The fraction of sp³-hybridized carbons (Fsp3) is 1.00. The van der Waals surface area contributed by atoms with Gasteiger partial charge in [0.15, 0.2) is 0 Å². The number of halogens is 2. The Hall–Kier alpha value is -0.230. The zero-order valence-corrected chi connectivity index (χ0v) is 5.49. The van der Waals surface area contributed by atoms with Crippen LogP contribution in [-0.2, 0) is 14.3 Å². The van der Waals surface area contributed by atoms with Gasteiger partial charge >= 0.3 is 0 Å². The van der Waals surface area contributed by atoms with E-state index in [1.54, 1.807) is 0 Å². The molecule has 0 aromatic rings. The Morgan fingerprint density at radius 3 is 2.11 bits per heavy atom. The molecule has 9 heavy (non-hydrogen) atoms. The van der Waals surface area contributed by atoms with Crippen molar-refractivity contribution < 1.29 is 21.4 Å². The zero-order chi connectivity index (χ0) is 7.49. The lowest BCUT2D eigenvalue weighted by Crippen LogP contribution is -2.09. The minimum Gasteiger partial charge on any atom is -0.264 e. The fourth-order valence-electron chi connectivity index (χ4n) is 0.175. The standard InChI is InChI=1S/C3H6F2O3S/c1-9(6,7)8-2-3(4)5/h3H,2H2,1H3. The summed E-state index contributed by atoms with van der Waals surface area (Å²) in [7, 11) is -3.70. The van der Waals surface area contributed by atoms with E-state index in [0.717, 1.165) is 6.26 Å². The molecule has 0 aliphatic carbocycles. The summed E-state index contributed by atoms with van der Waals surface area (Å²) in [6.07, 6.45) is -2.02. The number of hydrogen-bond donors (Lipinski definition) is 0. The minimum atomic E-state index is -3.70. The van der Waals surface area contributed by atoms with Crippen molar-refractivity contribution in [3.8, 4) is 0 Å². The topological polar surface area (TPSA) is 43.4 Å². The van der Waals surface area contributed by atoms with Crippen LogP contribution >= 0.6 is 0 Å². The first-order valence-electron chi connectivity index (χ1n) is 2.04. The molecule has 0 N–H and O–H groups in total. The van der Waals surface area contributed by atoms with Gasteiger partial charge in [-0.25, -0.2) is 8.78 Å². The van der Waals surface area contributed by atoms with Gasteiger partial charge in [0, 0.05) is 0 Å². The molecule has 0 atom stereocenters. The molecule has 3 nitrogen and oxygen atoms in total. The minimum absolute atomic E-state index is 0.718. The Kier molecular flexibility index (Phi) is 2.99. The summed E-state index contributed by atoms with van der Waals surface area (Å²) in [4.78, 5) is 0. The van der Waals surface area contributed by atoms with Crippen molar-refractivity contribution in [2.24, 2.45) is 0 Å². The molecular weight excluding hydrogens is 154 g/mol. The van der Waals surface area contributed by atoms with Crippen LogP contribution in [0.4, 0.5) is 8.78 Å². The Labute approximate surface area is 51.7 Å². The molecule has 0 bridgehead atoms. The van der Waals surface area contributed by atoms with Gasteiger partial charge < -0.3 is 0 Å². The van der Waals surface area contributed by atoms with Gasteiger partial charge in [0.1, 0.15) is 6.61 Å². The Morgan fingerprint density at radius 2 is 2.00 bits per heavy atom. The average Bonchev–Trinajstić information content (AvgIpc) is 1.59. The second-order valence-electron chi connectivity index (χ2n) is 1.38. The van der Waals surface area contributed by atoms with Crippen LogP contribution in [0.15, 0.2) is 0 Å². The van der Waals surface area contributed by atoms with E-state index in [1.165, 1.54) is 0 Å². The summed E-state index contributed by atoms with van der Waals surface area (Å²) >= 11 is 0. The van der Waals surface area contributed by atoms with Crippen molar-refractivity contribution in [1.82, 2.24) is 0 Å². The SMILES string of the molecule is CS(=O)(=O)OCC(F)F. The molecule has 6 heteroatoms. The number of rotatable bonds is 3. The van der Waals surface area contributed by atoms with Gasteiger partial charge in [-0.1, -0.05) is 0 Å². The van der Waals surface area contributed by atoms with Gasteiger partial charge in [-0.05, 0) is 0 Å². The predicted octanol–water partition coefficient (Wildman–Crippen LogP) is 0.228. The van der Waals surface area contributed by atoms with Gasteiger partial charge in [0.05, 0.1) is 6.26 Å². The summed E-state index contributed by atoms with van der Waals surface area (Å²) in [5.74, 6) is 0. The molecule has 0 unspecified atom stereocenters. The third kappa shape index (κ3) is 7.77. The van der Waals surface area contributed by atoms with Crippen molar-refractivity contribution >= 4 is 10.1 Å². The quantitative estimate of drug-likeness (QED) is 0.555. The lowest BCUT2D eigenvalue weighted by atomic mass is 10.8. The molecule has 0 aliphatic heterocycles. The summed E-state index contributed by atoms with van der Waals surface area (Å²) in [5.41, 5.74) is 0. The molecule has 0 heterocycles. The van der Waals surface area contributed by atoms with E-state index in [2.05, 4.69) is 4.18 Å².